The summed E-state index contributed by atoms with van der Waals surface area (Å²) < 4.78 is 0. The van der Waals surface area contributed by atoms with Gasteiger partial charge in [0.2, 0.25) is 0 Å². The molecule has 0 aliphatic rings. The minimum atomic E-state index is -0.812. The highest BCUT2D eigenvalue weighted by atomic mass is 32.2. The number of nitrogens with two attached hydrogens (primary N) is 1. The van der Waals surface area contributed by atoms with Crippen LogP contribution >= 0.6 is 11.8 Å². The highest BCUT2D eigenvalue weighted by Gasteiger charge is 2.16. The second-order valence-corrected chi connectivity index (χ2v) is 4.74. The summed E-state index contributed by atoms with van der Waals surface area (Å²) in [7, 11) is 0. The van der Waals surface area contributed by atoms with E-state index in [0.717, 1.165) is 11.3 Å². The molecule has 0 aliphatic carbocycles. The van der Waals surface area contributed by atoms with E-state index in [1.54, 1.807) is 11.8 Å². The minimum Gasteiger partial charge on any atom is -0.480 e. The fourth-order valence-corrected chi connectivity index (χ4v) is 1.95. The predicted octanol–water partition coefficient (Wildman–Crippen LogP) is 1.56. The number of hydrogen-bond donors (Lipinski definition) is 3. The van der Waals surface area contributed by atoms with Crippen LogP contribution in [0, 0.1) is 0 Å². The Hall–Kier alpha value is -1.20. The molecule has 5 heteroatoms. The van der Waals surface area contributed by atoms with Gasteiger partial charge in [-0.3, -0.25) is 4.79 Å². The Balaban J connectivity index is 2.52. The smallest absolute Gasteiger partial charge is 0.320 e. The van der Waals surface area contributed by atoms with Crippen LogP contribution in [0.5, 0.6) is 0 Å². The molecule has 94 valence electrons. The summed E-state index contributed by atoms with van der Waals surface area (Å²) in [6, 6.07) is 6.96. The first-order valence-corrected chi connectivity index (χ1v) is 6.83. The average Bonchev–Trinajstić information content (AvgIpc) is 2.31. The van der Waals surface area contributed by atoms with Crippen LogP contribution in [0.1, 0.15) is 12.0 Å². The fraction of sp³-hybridized carbons (Fsp3) is 0.417. The molecule has 0 saturated heterocycles. The highest BCUT2D eigenvalue weighted by molar-refractivity contribution is 7.98. The van der Waals surface area contributed by atoms with Gasteiger partial charge in [-0.15, -0.1) is 0 Å². The first-order chi connectivity index (χ1) is 8.15. The molecule has 0 aliphatic heterocycles. The van der Waals surface area contributed by atoms with Crippen molar-refractivity contribution < 1.29 is 9.90 Å². The molecule has 4 nitrogen and oxygen atoms in total. The maximum absolute atomic E-state index is 11.0. The largest absolute Gasteiger partial charge is 0.480 e. The monoisotopic (exact) mass is 254 g/mol. The van der Waals surface area contributed by atoms with Crippen LogP contribution in [0.15, 0.2) is 24.3 Å². The molecule has 0 amide bonds. The lowest BCUT2D eigenvalue weighted by Gasteiger charge is -2.14. The topological polar surface area (TPSA) is 75.3 Å². The number of anilines is 1. The van der Waals surface area contributed by atoms with Crippen molar-refractivity contribution in [3.63, 3.8) is 0 Å². The summed E-state index contributed by atoms with van der Waals surface area (Å²) in [6.45, 7) is 0.484. The third-order valence-corrected chi connectivity index (χ3v) is 3.15. The minimum absolute atomic E-state index is 0.484. The maximum Gasteiger partial charge on any atom is 0.320 e. The lowest BCUT2D eigenvalue weighted by Crippen LogP contribution is -2.36. The summed E-state index contributed by atoms with van der Waals surface area (Å²) in [4.78, 5) is 11.0. The molecule has 0 unspecified atom stereocenters. The average molecular weight is 254 g/mol. The van der Waals surface area contributed by atoms with Crippen LogP contribution in [0.3, 0.4) is 0 Å². The number of carbonyl (C=O) groups is 1. The number of nitrogens with one attached hydrogen (secondary N) is 1. The van der Waals surface area contributed by atoms with Gasteiger partial charge in [0.1, 0.15) is 6.04 Å². The quantitative estimate of drug-likeness (QED) is 0.644. The SMILES string of the molecule is CSCC[C@H](NCc1ccccc1N)C(=O)O. The third kappa shape index (κ3) is 4.66. The molecule has 4 N–H and O–H groups in total. The molecule has 0 fully saturated rings. The standard InChI is InChI=1S/C12H18N2O2S/c1-17-7-6-11(12(15)16)14-8-9-4-2-3-5-10(9)13/h2-5,11,14H,6-8,13H2,1H3,(H,15,16)/t11-/m0/s1. The number of carboxylic acid groups (broad SMARTS) is 1. The van der Waals surface area contributed by atoms with Crippen molar-refractivity contribution in [2.75, 3.05) is 17.7 Å². The number of nitrogen functional groups attached to an aromatic ring is 1. The van der Waals surface area contributed by atoms with Gasteiger partial charge < -0.3 is 16.2 Å². The summed E-state index contributed by atoms with van der Waals surface area (Å²) in [5.41, 5.74) is 7.41. The van der Waals surface area contributed by atoms with Crippen molar-refractivity contribution in [1.29, 1.82) is 0 Å². The van der Waals surface area contributed by atoms with Gasteiger partial charge >= 0.3 is 5.97 Å². The fourth-order valence-electron chi connectivity index (χ4n) is 1.48. The molecule has 0 bridgehead atoms. The van der Waals surface area contributed by atoms with Gasteiger partial charge in [-0.05, 0) is 30.1 Å². The zero-order valence-electron chi connectivity index (χ0n) is 9.85. The van der Waals surface area contributed by atoms with Gasteiger partial charge in [-0.2, -0.15) is 11.8 Å². The van der Waals surface area contributed by atoms with Crippen LogP contribution in [0.2, 0.25) is 0 Å². The van der Waals surface area contributed by atoms with E-state index >= 15 is 0 Å². The summed E-state index contributed by atoms with van der Waals surface area (Å²) >= 11 is 1.64. The third-order valence-electron chi connectivity index (χ3n) is 2.50. The van der Waals surface area contributed by atoms with E-state index in [9.17, 15) is 4.79 Å². The lowest BCUT2D eigenvalue weighted by atomic mass is 10.1. The number of thioether (sulfide) groups is 1. The first kappa shape index (κ1) is 13.9. The summed E-state index contributed by atoms with van der Waals surface area (Å²) in [5.74, 6) is 0.0161. The first-order valence-electron chi connectivity index (χ1n) is 5.43. The molecule has 1 rings (SSSR count). The van der Waals surface area contributed by atoms with E-state index in [2.05, 4.69) is 5.32 Å². The van der Waals surface area contributed by atoms with Crippen molar-refractivity contribution in [2.24, 2.45) is 0 Å². The van der Waals surface area contributed by atoms with Crippen molar-refractivity contribution in [3.8, 4) is 0 Å². The summed E-state index contributed by atoms with van der Waals surface area (Å²) in [6.07, 6.45) is 2.58. The Kier molecular flexibility index (Phi) is 5.86. The van der Waals surface area contributed by atoms with E-state index in [1.165, 1.54) is 0 Å². The number of benzene rings is 1. The van der Waals surface area contributed by atoms with Crippen LogP contribution in [0.4, 0.5) is 5.69 Å². The van der Waals surface area contributed by atoms with E-state index in [0.29, 0.717) is 18.7 Å². The molecule has 0 aromatic heterocycles. The zero-order valence-corrected chi connectivity index (χ0v) is 10.7. The van der Waals surface area contributed by atoms with Crippen LogP contribution < -0.4 is 11.1 Å². The van der Waals surface area contributed by atoms with Crippen LogP contribution in [-0.2, 0) is 11.3 Å². The normalized spacial score (nSPS) is 12.3. The number of hydrogen-bond acceptors (Lipinski definition) is 4. The molecular weight excluding hydrogens is 236 g/mol. The Morgan fingerprint density at radius 2 is 2.24 bits per heavy atom. The maximum atomic E-state index is 11.0. The van der Waals surface area contributed by atoms with Gasteiger partial charge in [0, 0.05) is 12.2 Å². The predicted molar refractivity (Wildman–Crippen MR) is 72.1 cm³/mol. The molecule has 1 atom stereocenters. The highest BCUT2D eigenvalue weighted by Crippen LogP contribution is 2.10. The molecular formula is C12H18N2O2S. The molecule has 1 aromatic carbocycles. The van der Waals surface area contributed by atoms with E-state index < -0.39 is 12.0 Å². The number of rotatable bonds is 7. The lowest BCUT2D eigenvalue weighted by molar-refractivity contribution is -0.139. The molecule has 0 spiro atoms. The molecule has 0 radical (unpaired) electrons. The number of aliphatic carboxylic acids is 1. The van der Waals surface area contributed by atoms with Crippen LogP contribution in [-0.4, -0.2) is 29.1 Å². The van der Waals surface area contributed by atoms with E-state index in [-0.39, 0.29) is 0 Å². The van der Waals surface area contributed by atoms with E-state index in [4.69, 9.17) is 10.8 Å². The Bertz CT molecular complexity index is 371. The van der Waals surface area contributed by atoms with Gasteiger partial charge in [-0.1, -0.05) is 18.2 Å². The zero-order chi connectivity index (χ0) is 12.7. The second kappa shape index (κ2) is 7.19. The van der Waals surface area contributed by atoms with Gasteiger partial charge in [0.05, 0.1) is 0 Å². The van der Waals surface area contributed by atoms with Gasteiger partial charge in [0.15, 0.2) is 0 Å². The van der Waals surface area contributed by atoms with Gasteiger partial charge in [0.25, 0.3) is 0 Å². The second-order valence-electron chi connectivity index (χ2n) is 3.75. The number of carboxylic acids is 1. The Labute approximate surface area is 106 Å². The number of para-hydroxylation sites is 1. The Morgan fingerprint density at radius 1 is 1.53 bits per heavy atom. The van der Waals surface area contributed by atoms with Crippen molar-refractivity contribution >= 4 is 23.4 Å². The summed E-state index contributed by atoms with van der Waals surface area (Å²) in [5, 5.41) is 12.1. The van der Waals surface area contributed by atoms with E-state index in [1.807, 2.05) is 30.5 Å². The van der Waals surface area contributed by atoms with Crippen molar-refractivity contribution in [3.05, 3.63) is 29.8 Å². The van der Waals surface area contributed by atoms with Crippen LogP contribution in [0.25, 0.3) is 0 Å². The molecule has 1 aromatic rings. The Morgan fingerprint density at radius 3 is 2.82 bits per heavy atom. The van der Waals surface area contributed by atoms with Gasteiger partial charge in [-0.25, -0.2) is 0 Å². The van der Waals surface area contributed by atoms with Crippen molar-refractivity contribution in [1.82, 2.24) is 5.32 Å². The molecule has 0 heterocycles. The molecule has 0 saturated carbocycles. The van der Waals surface area contributed by atoms with Crippen molar-refractivity contribution in [2.45, 2.75) is 19.0 Å². The molecule has 17 heavy (non-hydrogen) atoms.